The van der Waals surface area contributed by atoms with E-state index in [2.05, 4.69) is 39.8 Å². The molecular weight excluding hydrogens is 821 g/mol. The number of hydrogen-bond donors (Lipinski definition) is 5. The lowest BCUT2D eigenvalue weighted by Gasteiger charge is -2.69. The number of hydrogen-bond acceptors (Lipinski definition) is 9. The van der Waals surface area contributed by atoms with E-state index in [1.807, 2.05) is 59.8 Å². The number of fused-ring (bicyclic) bond motifs is 10. The fraction of sp³-hybridized carbons (Fsp3) is 0.491. The minimum atomic E-state index is -0.694. The second-order valence-electron chi connectivity index (χ2n) is 21.7. The zero-order valence-corrected chi connectivity index (χ0v) is 39.9. The van der Waals surface area contributed by atoms with Crippen LogP contribution in [0.5, 0.6) is 34.5 Å². The molecule has 5 N–H and O–H groups in total. The summed E-state index contributed by atoms with van der Waals surface area (Å²) in [6, 6.07) is 7.80. The molecule has 0 spiro atoms. The van der Waals surface area contributed by atoms with Crippen LogP contribution < -0.4 is 15.1 Å². The molecule has 0 amide bonds. The van der Waals surface area contributed by atoms with Gasteiger partial charge >= 0.3 is 11.6 Å². The number of allylic oxidation sites excluding steroid dienone is 4. The fourth-order valence-electron chi connectivity index (χ4n) is 12.8. The van der Waals surface area contributed by atoms with Gasteiger partial charge < -0.3 is 39.4 Å². The number of carboxylic acid groups (broad SMARTS) is 1. The van der Waals surface area contributed by atoms with Crippen molar-refractivity contribution in [2.24, 2.45) is 27.6 Å². The quantitative estimate of drug-likeness (QED) is 0.0739. The summed E-state index contributed by atoms with van der Waals surface area (Å²) >= 11 is 0. The molecule has 4 aromatic rings. The summed E-state index contributed by atoms with van der Waals surface area (Å²) in [6.07, 6.45) is 16.3. The number of ether oxygens (including phenoxy) is 2. The molecule has 0 saturated heterocycles. The Labute approximate surface area is 382 Å². The fourth-order valence-corrected chi connectivity index (χ4v) is 12.8. The van der Waals surface area contributed by atoms with Crippen molar-refractivity contribution in [3.63, 3.8) is 0 Å². The molecule has 65 heavy (non-hydrogen) atoms. The predicted octanol–water partition coefficient (Wildman–Crippen LogP) is 12.2. The summed E-state index contributed by atoms with van der Waals surface area (Å²) in [5.74, 6) is 0.496. The van der Waals surface area contributed by atoms with Crippen LogP contribution in [0.25, 0.3) is 28.2 Å². The van der Waals surface area contributed by atoms with Crippen LogP contribution in [0.3, 0.4) is 0 Å². The monoisotopic (exact) mass is 886 g/mol. The SMILES string of the molecule is COc1c(CC=C(C)C)c2c(c3oc(=O)c(-c4ccc(O)cc4)c(O)c13)C=CC(C)(C)O2.Cc1c(O)c(O)cc2c1CC=C1C2(C)CCC2(C)C3CC(C)(C(=O)O)CCC3(C)CCC12C. The average Bonchev–Trinajstić information content (AvgIpc) is 3.24. The summed E-state index contributed by atoms with van der Waals surface area (Å²) in [5.41, 5.74) is 5.86. The van der Waals surface area contributed by atoms with E-state index in [0.29, 0.717) is 40.4 Å². The van der Waals surface area contributed by atoms with Crippen LogP contribution in [-0.4, -0.2) is 44.2 Å². The second kappa shape index (κ2) is 15.5. The van der Waals surface area contributed by atoms with Gasteiger partial charge in [-0.3, -0.25) is 4.79 Å². The lowest BCUT2D eigenvalue weighted by Crippen LogP contribution is -2.62. The number of aromatic hydroxyl groups is 4. The van der Waals surface area contributed by atoms with Crippen LogP contribution in [0.4, 0.5) is 0 Å². The molecule has 9 rings (SSSR count). The Hall–Kier alpha value is -5.64. The largest absolute Gasteiger partial charge is 0.508 e. The van der Waals surface area contributed by atoms with Gasteiger partial charge in [0.05, 0.1) is 18.1 Å². The van der Waals surface area contributed by atoms with E-state index in [-0.39, 0.29) is 55.8 Å². The first-order chi connectivity index (χ1) is 30.3. The lowest BCUT2D eigenvalue weighted by molar-refractivity contribution is -0.177. The Bertz CT molecular complexity index is 2790. The summed E-state index contributed by atoms with van der Waals surface area (Å²) < 4.78 is 17.8. The first-order valence-electron chi connectivity index (χ1n) is 23.1. The highest BCUT2D eigenvalue weighted by Gasteiger charge is 2.67. The molecule has 1 aromatic heterocycles. The maximum atomic E-state index is 12.9. The predicted molar refractivity (Wildman–Crippen MR) is 254 cm³/mol. The number of aliphatic carboxylic acids is 1. The van der Waals surface area contributed by atoms with Crippen molar-refractivity contribution in [2.75, 3.05) is 7.11 Å². The van der Waals surface area contributed by atoms with Crippen molar-refractivity contribution in [1.29, 1.82) is 0 Å². The van der Waals surface area contributed by atoms with Gasteiger partial charge in [-0.25, -0.2) is 4.79 Å². The van der Waals surface area contributed by atoms with Gasteiger partial charge in [-0.15, -0.1) is 0 Å². The molecule has 10 heteroatoms. The lowest BCUT2D eigenvalue weighted by atomic mass is 9.34. The number of rotatable bonds is 5. The molecule has 346 valence electrons. The van der Waals surface area contributed by atoms with Crippen molar-refractivity contribution in [1.82, 2.24) is 0 Å². The van der Waals surface area contributed by atoms with Gasteiger partial charge in [-0.1, -0.05) is 63.1 Å². The molecule has 1 aliphatic heterocycles. The van der Waals surface area contributed by atoms with Crippen molar-refractivity contribution in [3.8, 4) is 45.6 Å². The maximum absolute atomic E-state index is 12.9. The third-order valence-electron chi connectivity index (χ3n) is 17.0. The molecular formula is C55H66O10. The molecule has 5 aliphatic rings. The summed E-state index contributed by atoms with van der Waals surface area (Å²) in [4.78, 5) is 25.2. The molecule has 3 fully saturated rings. The molecule has 0 radical (unpaired) electrons. The number of benzene rings is 3. The summed E-state index contributed by atoms with van der Waals surface area (Å²) in [5, 5.41) is 52.1. The Morgan fingerprint density at radius 2 is 1.58 bits per heavy atom. The van der Waals surface area contributed by atoms with Crippen LogP contribution in [-0.2, 0) is 23.1 Å². The van der Waals surface area contributed by atoms with Gasteiger partial charge in [0.15, 0.2) is 17.1 Å². The van der Waals surface area contributed by atoms with Gasteiger partial charge in [0.25, 0.3) is 0 Å². The van der Waals surface area contributed by atoms with Gasteiger partial charge in [-0.2, -0.15) is 0 Å². The third-order valence-corrected chi connectivity index (χ3v) is 17.0. The van der Waals surface area contributed by atoms with E-state index in [0.717, 1.165) is 73.6 Å². The highest BCUT2D eigenvalue weighted by atomic mass is 16.5. The highest BCUT2D eigenvalue weighted by molar-refractivity contribution is 6.02. The molecule has 4 aliphatic carbocycles. The highest BCUT2D eigenvalue weighted by Crippen LogP contribution is 2.74. The van der Waals surface area contributed by atoms with Crippen LogP contribution in [0, 0.1) is 34.5 Å². The third kappa shape index (κ3) is 7.03. The van der Waals surface area contributed by atoms with E-state index in [1.54, 1.807) is 12.1 Å². The standard InChI is InChI=1S/C29H40O4.C26H26O6/c1-17-18-7-8-21-27(4,19(18)15-20(30)23(17)31)12-14-29(6)22-16-26(3,24(32)33)10-9-25(22,2)11-13-28(21,29)5;1-14(2)6-11-17-22-18(12-13-26(3,4)32-22)24-20(23(17)30-5)21(28)19(25(29)31-24)15-7-9-16(27)10-8-15/h8,15,22,30-31H,7,9-14,16H2,1-6H3,(H,32,33);6-10,12-13,27-28H,11H2,1-5H3. The normalized spacial score (nSPS) is 29.3. The number of phenolic OH excluding ortho intramolecular Hbond substituents is 3. The first kappa shape index (κ1) is 45.9. The van der Waals surface area contributed by atoms with Gasteiger partial charge in [0.2, 0.25) is 0 Å². The number of phenols is 3. The van der Waals surface area contributed by atoms with E-state index >= 15 is 0 Å². The van der Waals surface area contributed by atoms with Crippen LogP contribution in [0.1, 0.15) is 135 Å². The van der Waals surface area contributed by atoms with Crippen LogP contribution in [0.15, 0.2) is 68.9 Å². The van der Waals surface area contributed by atoms with E-state index < -0.39 is 22.6 Å². The molecule has 3 saturated carbocycles. The topological polar surface area (TPSA) is 167 Å². The van der Waals surface area contributed by atoms with Crippen molar-refractivity contribution < 1.29 is 44.2 Å². The smallest absolute Gasteiger partial charge is 0.348 e. The van der Waals surface area contributed by atoms with Crippen molar-refractivity contribution >= 4 is 23.0 Å². The average molecular weight is 887 g/mol. The second-order valence-corrected chi connectivity index (χ2v) is 21.7. The zero-order chi connectivity index (χ0) is 47.4. The summed E-state index contributed by atoms with van der Waals surface area (Å²) in [6.45, 7) is 21.4. The minimum absolute atomic E-state index is 0.00431. The summed E-state index contributed by atoms with van der Waals surface area (Å²) in [7, 11) is 1.52. The van der Waals surface area contributed by atoms with Gasteiger partial charge in [0.1, 0.15) is 39.5 Å². The Balaban J connectivity index is 0.000000177. The Morgan fingerprint density at radius 3 is 2.23 bits per heavy atom. The molecule has 10 nitrogen and oxygen atoms in total. The van der Waals surface area contributed by atoms with Crippen molar-refractivity contribution in [3.05, 3.63) is 97.9 Å². The Morgan fingerprint density at radius 1 is 0.908 bits per heavy atom. The molecule has 0 bridgehead atoms. The molecule has 3 aromatic carbocycles. The molecule has 6 unspecified atom stereocenters. The molecule has 2 heterocycles. The van der Waals surface area contributed by atoms with E-state index in [9.17, 15) is 35.1 Å². The molecule has 6 atom stereocenters. The number of methoxy groups -OCH3 is 1. The van der Waals surface area contributed by atoms with Crippen molar-refractivity contribution in [2.45, 2.75) is 138 Å². The number of carbonyl (C=O) groups is 1. The van der Waals surface area contributed by atoms with E-state index in [4.69, 9.17) is 13.9 Å². The zero-order valence-electron chi connectivity index (χ0n) is 39.9. The van der Waals surface area contributed by atoms with E-state index in [1.165, 1.54) is 30.4 Å². The van der Waals surface area contributed by atoms with Gasteiger partial charge in [-0.05, 0) is 174 Å². The number of carboxylic acids is 1. The van der Waals surface area contributed by atoms with Gasteiger partial charge in [0, 0.05) is 11.0 Å². The maximum Gasteiger partial charge on any atom is 0.348 e. The Kier molecular flexibility index (Phi) is 10.9. The van der Waals surface area contributed by atoms with Crippen LogP contribution >= 0.6 is 0 Å². The minimum Gasteiger partial charge on any atom is -0.508 e. The van der Waals surface area contributed by atoms with Crippen LogP contribution in [0.2, 0.25) is 0 Å². The first-order valence-corrected chi connectivity index (χ1v) is 23.1.